The van der Waals surface area contributed by atoms with Crippen molar-refractivity contribution in [3.8, 4) is 0 Å². The van der Waals surface area contributed by atoms with Crippen LogP contribution in [0.2, 0.25) is 0 Å². The monoisotopic (exact) mass is 198 g/mol. The SMILES string of the molecule is CC(C)C(C=O)N1C(=O)N[C@@H](C)C1=O. The first-order valence-corrected chi connectivity index (χ1v) is 4.58. The summed E-state index contributed by atoms with van der Waals surface area (Å²) in [6.07, 6.45) is 0.639. The molecule has 1 saturated heterocycles. The Morgan fingerprint density at radius 3 is 2.29 bits per heavy atom. The van der Waals surface area contributed by atoms with Gasteiger partial charge in [-0.05, 0) is 12.8 Å². The van der Waals surface area contributed by atoms with Gasteiger partial charge in [0.2, 0.25) is 0 Å². The molecule has 0 bridgehead atoms. The van der Waals surface area contributed by atoms with Crippen molar-refractivity contribution in [1.29, 1.82) is 0 Å². The highest BCUT2D eigenvalue weighted by molar-refractivity contribution is 6.05. The maximum atomic E-state index is 11.5. The smallest absolute Gasteiger partial charge is 0.325 e. The van der Waals surface area contributed by atoms with Crippen molar-refractivity contribution in [2.75, 3.05) is 0 Å². The number of rotatable bonds is 3. The van der Waals surface area contributed by atoms with Crippen molar-refractivity contribution in [3.63, 3.8) is 0 Å². The summed E-state index contributed by atoms with van der Waals surface area (Å²) in [6, 6.07) is -1.66. The van der Waals surface area contributed by atoms with Crippen molar-refractivity contribution >= 4 is 18.2 Å². The molecule has 0 aliphatic carbocycles. The maximum absolute atomic E-state index is 11.5. The fraction of sp³-hybridized carbons (Fsp3) is 0.667. The predicted molar refractivity (Wildman–Crippen MR) is 49.5 cm³/mol. The third-order valence-corrected chi connectivity index (χ3v) is 2.29. The van der Waals surface area contributed by atoms with E-state index >= 15 is 0 Å². The molecule has 0 spiro atoms. The van der Waals surface area contributed by atoms with Crippen LogP contribution in [-0.4, -0.2) is 35.2 Å². The first kappa shape index (κ1) is 10.7. The molecule has 1 unspecified atom stereocenters. The number of aldehydes is 1. The van der Waals surface area contributed by atoms with Gasteiger partial charge in [-0.25, -0.2) is 4.79 Å². The largest absolute Gasteiger partial charge is 0.326 e. The van der Waals surface area contributed by atoms with E-state index in [1.165, 1.54) is 0 Å². The molecule has 3 amide bonds. The number of hydrogen-bond acceptors (Lipinski definition) is 3. The molecule has 1 N–H and O–H groups in total. The van der Waals surface area contributed by atoms with E-state index in [-0.39, 0.29) is 11.8 Å². The van der Waals surface area contributed by atoms with E-state index in [9.17, 15) is 14.4 Å². The van der Waals surface area contributed by atoms with Crippen LogP contribution in [0.5, 0.6) is 0 Å². The molecule has 14 heavy (non-hydrogen) atoms. The molecule has 2 atom stereocenters. The average Bonchev–Trinajstić information content (AvgIpc) is 2.32. The van der Waals surface area contributed by atoms with Crippen molar-refractivity contribution in [1.82, 2.24) is 10.2 Å². The van der Waals surface area contributed by atoms with Crippen molar-refractivity contribution in [3.05, 3.63) is 0 Å². The summed E-state index contributed by atoms with van der Waals surface area (Å²) >= 11 is 0. The van der Waals surface area contributed by atoms with Gasteiger partial charge in [0, 0.05) is 0 Å². The van der Waals surface area contributed by atoms with Crippen LogP contribution >= 0.6 is 0 Å². The molecule has 0 aromatic heterocycles. The predicted octanol–water partition coefficient (Wildman–Crippen LogP) is 0.150. The highest BCUT2D eigenvalue weighted by Crippen LogP contribution is 2.15. The first-order chi connectivity index (χ1) is 6.49. The third-order valence-electron chi connectivity index (χ3n) is 2.29. The zero-order valence-corrected chi connectivity index (χ0v) is 8.48. The van der Waals surface area contributed by atoms with Crippen LogP contribution in [0.4, 0.5) is 4.79 Å². The van der Waals surface area contributed by atoms with Crippen LogP contribution in [0, 0.1) is 5.92 Å². The lowest BCUT2D eigenvalue weighted by atomic mass is 10.0. The quantitative estimate of drug-likeness (QED) is 0.518. The molecule has 1 aliphatic heterocycles. The van der Waals surface area contributed by atoms with Gasteiger partial charge in [0.05, 0.1) is 6.04 Å². The molecule has 0 radical (unpaired) electrons. The van der Waals surface area contributed by atoms with Crippen LogP contribution in [-0.2, 0) is 9.59 Å². The molecule has 1 aliphatic rings. The zero-order chi connectivity index (χ0) is 10.9. The summed E-state index contributed by atoms with van der Waals surface area (Å²) in [6.45, 7) is 5.19. The summed E-state index contributed by atoms with van der Waals surface area (Å²) in [4.78, 5) is 34.6. The highest BCUT2D eigenvalue weighted by atomic mass is 16.2. The summed E-state index contributed by atoms with van der Waals surface area (Å²) in [5, 5.41) is 2.46. The van der Waals surface area contributed by atoms with E-state index in [1.54, 1.807) is 20.8 Å². The first-order valence-electron chi connectivity index (χ1n) is 4.58. The number of urea groups is 1. The van der Waals surface area contributed by atoms with Crippen LogP contribution in [0.25, 0.3) is 0 Å². The van der Waals surface area contributed by atoms with Gasteiger partial charge in [-0.2, -0.15) is 0 Å². The Morgan fingerprint density at radius 1 is 1.43 bits per heavy atom. The summed E-state index contributed by atoms with van der Waals surface area (Å²) in [5.41, 5.74) is 0. The lowest BCUT2D eigenvalue weighted by Crippen LogP contribution is -2.44. The van der Waals surface area contributed by atoms with Gasteiger partial charge in [-0.3, -0.25) is 9.69 Å². The minimum absolute atomic E-state index is 0.0625. The minimum atomic E-state index is -0.660. The maximum Gasteiger partial charge on any atom is 0.325 e. The highest BCUT2D eigenvalue weighted by Gasteiger charge is 2.40. The molecule has 5 nitrogen and oxygen atoms in total. The number of imide groups is 1. The second-order valence-electron chi connectivity index (χ2n) is 3.75. The number of nitrogens with zero attached hydrogens (tertiary/aromatic N) is 1. The van der Waals surface area contributed by atoms with E-state index in [0.717, 1.165) is 4.90 Å². The molecule has 1 fully saturated rings. The topological polar surface area (TPSA) is 66.5 Å². The van der Waals surface area contributed by atoms with E-state index in [4.69, 9.17) is 0 Å². The fourth-order valence-electron chi connectivity index (χ4n) is 1.42. The Labute approximate surface area is 82.4 Å². The van der Waals surface area contributed by atoms with E-state index < -0.39 is 18.1 Å². The van der Waals surface area contributed by atoms with E-state index in [0.29, 0.717) is 6.29 Å². The van der Waals surface area contributed by atoms with Gasteiger partial charge in [0.15, 0.2) is 0 Å². The van der Waals surface area contributed by atoms with E-state index in [2.05, 4.69) is 5.32 Å². The summed E-state index contributed by atoms with van der Waals surface area (Å²) in [7, 11) is 0. The zero-order valence-electron chi connectivity index (χ0n) is 8.48. The molecule has 1 heterocycles. The van der Waals surface area contributed by atoms with Gasteiger partial charge in [0.1, 0.15) is 12.3 Å². The Balaban J connectivity index is 2.90. The third kappa shape index (κ3) is 1.62. The lowest BCUT2D eigenvalue weighted by Gasteiger charge is -2.23. The van der Waals surface area contributed by atoms with Crippen molar-refractivity contribution < 1.29 is 14.4 Å². The molecule has 5 heteroatoms. The molecule has 0 saturated carbocycles. The molecule has 78 valence electrons. The van der Waals surface area contributed by atoms with Crippen LogP contribution in [0.1, 0.15) is 20.8 Å². The van der Waals surface area contributed by atoms with Gasteiger partial charge in [-0.1, -0.05) is 13.8 Å². The van der Waals surface area contributed by atoms with Crippen LogP contribution in [0.15, 0.2) is 0 Å². The Kier molecular flexibility index (Phi) is 2.88. The van der Waals surface area contributed by atoms with Crippen LogP contribution in [0.3, 0.4) is 0 Å². The van der Waals surface area contributed by atoms with Crippen molar-refractivity contribution in [2.45, 2.75) is 32.9 Å². The van der Waals surface area contributed by atoms with Gasteiger partial charge < -0.3 is 10.1 Å². The van der Waals surface area contributed by atoms with Crippen molar-refractivity contribution in [2.24, 2.45) is 5.92 Å². The molecular weight excluding hydrogens is 184 g/mol. The summed E-state index contributed by atoms with van der Waals surface area (Å²) < 4.78 is 0. The van der Waals surface area contributed by atoms with Gasteiger partial charge in [0.25, 0.3) is 5.91 Å². The fourth-order valence-corrected chi connectivity index (χ4v) is 1.42. The molecule has 1 rings (SSSR count). The second-order valence-corrected chi connectivity index (χ2v) is 3.75. The Hall–Kier alpha value is -1.39. The molecule has 0 aromatic rings. The van der Waals surface area contributed by atoms with Crippen LogP contribution < -0.4 is 5.32 Å². The number of hydrogen-bond donors (Lipinski definition) is 1. The Morgan fingerprint density at radius 2 is 2.00 bits per heavy atom. The normalized spacial score (nSPS) is 24.0. The minimum Gasteiger partial charge on any atom is -0.326 e. The van der Waals surface area contributed by atoms with E-state index in [1.807, 2.05) is 0 Å². The number of carbonyl (C=O) groups is 3. The number of amides is 3. The van der Waals surface area contributed by atoms with Gasteiger partial charge in [-0.15, -0.1) is 0 Å². The number of carbonyl (C=O) groups excluding carboxylic acids is 3. The standard InChI is InChI=1S/C9H14N2O3/c1-5(2)7(4-12)11-8(13)6(3)10-9(11)14/h4-7H,1-3H3,(H,10,14)/t6-,7?/m0/s1. The van der Waals surface area contributed by atoms with Gasteiger partial charge >= 0.3 is 6.03 Å². The number of nitrogens with one attached hydrogen (secondary N) is 1. The lowest BCUT2D eigenvalue weighted by molar-refractivity contribution is -0.132. The summed E-state index contributed by atoms with van der Waals surface area (Å²) in [5.74, 6) is -0.395. The average molecular weight is 198 g/mol. The molecule has 0 aromatic carbocycles. The molecular formula is C9H14N2O3. The second kappa shape index (κ2) is 3.77. The Bertz CT molecular complexity index is 275.